The number of benzene rings is 3. The van der Waals surface area contributed by atoms with Gasteiger partial charge in [0.05, 0.1) is 11.6 Å². The van der Waals surface area contributed by atoms with Crippen molar-refractivity contribution >= 4 is 17.4 Å². The molecule has 0 bridgehead atoms. The number of nitrogens with zero attached hydrogens (tertiary/aromatic N) is 1. The molecular weight excluding hydrogens is 437 g/mol. The number of aromatic hydroxyl groups is 1. The highest BCUT2D eigenvalue weighted by molar-refractivity contribution is 6.46. The number of carbonyl (C=O) groups is 2. The molecule has 0 radical (unpaired) electrons. The highest BCUT2D eigenvalue weighted by Gasteiger charge is 2.46. The van der Waals surface area contributed by atoms with E-state index < -0.39 is 23.5 Å². The second-order valence-electron chi connectivity index (χ2n) is 8.60. The molecule has 0 saturated carbocycles. The van der Waals surface area contributed by atoms with E-state index in [1.165, 1.54) is 29.2 Å². The minimum atomic E-state index is -0.880. The van der Waals surface area contributed by atoms with E-state index in [-0.39, 0.29) is 29.7 Å². The lowest BCUT2D eigenvalue weighted by atomic mass is 9.94. The van der Waals surface area contributed by atoms with Crippen molar-refractivity contribution in [1.29, 1.82) is 0 Å². The summed E-state index contributed by atoms with van der Waals surface area (Å²) in [6.45, 7) is 1.99. The van der Waals surface area contributed by atoms with Crippen LogP contribution in [-0.2, 0) is 22.6 Å². The van der Waals surface area contributed by atoms with E-state index in [4.69, 9.17) is 4.74 Å². The van der Waals surface area contributed by atoms with Crippen LogP contribution in [0.3, 0.4) is 0 Å². The van der Waals surface area contributed by atoms with Gasteiger partial charge in [-0.2, -0.15) is 0 Å². The number of halogens is 1. The topological polar surface area (TPSA) is 87.1 Å². The molecule has 5 rings (SSSR count). The Labute approximate surface area is 195 Å². The molecule has 172 valence electrons. The van der Waals surface area contributed by atoms with Crippen LogP contribution in [0.4, 0.5) is 4.39 Å². The van der Waals surface area contributed by atoms with Gasteiger partial charge in [0.15, 0.2) is 0 Å². The van der Waals surface area contributed by atoms with Crippen molar-refractivity contribution in [3.8, 4) is 11.5 Å². The van der Waals surface area contributed by atoms with Gasteiger partial charge in [-0.15, -0.1) is 0 Å². The lowest BCUT2D eigenvalue weighted by Gasteiger charge is -2.25. The number of phenolic OH excluding ortho intramolecular Hbond substituents is 1. The summed E-state index contributed by atoms with van der Waals surface area (Å²) >= 11 is 0. The number of ketones is 1. The molecule has 0 aliphatic carbocycles. The molecule has 6 nitrogen and oxygen atoms in total. The predicted octanol–water partition coefficient (Wildman–Crippen LogP) is 4.48. The number of hydrogen-bond donors (Lipinski definition) is 2. The van der Waals surface area contributed by atoms with Gasteiger partial charge in [-0.05, 0) is 66.1 Å². The first-order chi connectivity index (χ1) is 16.3. The number of phenols is 1. The summed E-state index contributed by atoms with van der Waals surface area (Å²) in [5.74, 6) is -1.48. The van der Waals surface area contributed by atoms with Crippen molar-refractivity contribution in [2.75, 3.05) is 0 Å². The highest BCUT2D eigenvalue weighted by atomic mass is 19.1. The Morgan fingerprint density at radius 2 is 1.76 bits per heavy atom. The van der Waals surface area contributed by atoms with E-state index in [1.54, 1.807) is 42.5 Å². The molecule has 1 fully saturated rings. The third kappa shape index (κ3) is 3.79. The zero-order valence-corrected chi connectivity index (χ0v) is 18.4. The van der Waals surface area contributed by atoms with Crippen molar-refractivity contribution in [3.63, 3.8) is 0 Å². The molecule has 2 aliphatic heterocycles. The fourth-order valence-corrected chi connectivity index (χ4v) is 4.56. The number of rotatable bonds is 4. The molecule has 3 aromatic rings. The number of amides is 1. The summed E-state index contributed by atoms with van der Waals surface area (Å²) in [7, 11) is 0. The Hall–Kier alpha value is -4.13. The SMILES string of the molecule is CC1Cc2cc(/C(O)=C3/C(=O)C(=O)N(Cc4ccc(F)cc4)C3c3ccc(O)cc3)ccc2O1. The molecule has 1 amide bonds. The maximum Gasteiger partial charge on any atom is 0.295 e. The molecule has 0 spiro atoms. The molecular formula is C27H22FNO5. The van der Waals surface area contributed by atoms with Crippen LogP contribution >= 0.6 is 0 Å². The van der Waals surface area contributed by atoms with Crippen LogP contribution in [0.1, 0.15) is 35.2 Å². The highest BCUT2D eigenvalue weighted by Crippen LogP contribution is 2.41. The summed E-state index contributed by atoms with van der Waals surface area (Å²) in [5, 5.41) is 21.0. The van der Waals surface area contributed by atoms with Gasteiger partial charge in [-0.1, -0.05) is 24.3 Å². The van der Waals surface area contributed by atoms with Gasteiger partial charge in [-0.25, -0.2) is 4.39 Å². The maximum atomic E-state index is 13.4. The normalized spacial score (nSPS) is 20.9. The van der Waals surface area contributed by atoms with Crippen molar-refractivity contribution in [3.05, 3.63) is 100 Å². The number of ether oxygens (including phenoxy) is 1. The minimum absolute atomic E-state index is 0.0191. The third-order valence-electron chi connectivity index (χ3n) is 6.18. The summed E-state index contributed by atoms with van der Waals surface area (Å²) in [5.41, 5.74) is 2.48. The Morgan fingerprint density at radius 1 is 1.06 bits per heavy atom. The van der Waals surface area contributed by atoms with Crippen LogP contribution < -0.4 is 4.74 Å². The predicted molar refractivity (Wildman–Crippen MR) is 123 cm³/mol. The first kappa shape index (κ1) is 21.7. The molecule has 2 atom stereocenters. The summed E-state index contributed by atoms with van der Waals surface area (Å²) in [6, 6.07) is 16.1. The monoisotopic (exact) mass is 459 g/mol. The van der Waals surface area contributed by atoms with Crippen LogP contribution in [0.15, 0.2) is 72.3 Å². The summed E-state index contributed by atoms with van der Waals surface area (Å²) in [6.07, 6.45) is 0.696. The number of fused-ring (bicyclic) bond motifs is 1. The lowest BCUT2D eigenvalue weighted by Crippen LogP contribution is -2.29. The van der Waals surface area contributed by atoms with Crippen LogP contribution in [0, 0.1) is 5.82 Å². The molecule has 1 saturated heterocycles. The summed E-state index contributed by atoms with van der Waals surface area (Å²) in [4.78, 5) is 27.6. The van der Waals surface area contributed by atoms with Gasteiger partial charge in [0, 0.05) is 18.5 Å². The fourth-order valence-electron chi connectivity index (χ4n) is 4.56. The van der Waals surface area contributed by atoms with Crippen LogP contribution in [0.2, 0.25) is 0 Å². The quantitative estimate of drug-likeness (QED) is 0.341. The van der Waals surface area contributed by atoms with E-state index in [9.17, 15) is 24.2 Å². The Balaban J connectivity index is 1.61. The Morgan fingerprint density at radius 3 is 2.47 bits per heavy atom. The minimum Gasteiger partial charge on any atom is -0.508 e. The molecule has 2 unspecified atom stereocenters. The number of Topliss-reactive ketones (excluding diaryl/α,β-unsaturated/α-hetero) is 1. The van der Waals surface area contributed by atoms with Gasteiger partial charge in [0.25, 0.3) is 11.7 Å². The first-order valence-corrected chi connectivity index (χ1v) is 10.9. The molecule has 7 heteroatoms. The molecule has 0 aromatic heterocycles. The van der Waals surface area contributed by atoms with Crippen LogP contribution in [0.25, 0.3) is 5.76 Å². The maximum absolute atomic E-state index is 13.4. The molecule has 34 heavy (non-hydrogen) atoms. The van der Waals surface area contributed by atoms with Crippen LogP contribution in [0.5, 0.6) is 11.5 Å². The van der Waals surface area contributed by atoms with Gasteiger partial charge < -0.3 is 19.8 Å². The van der Waals surface area contributed by atoms with Crippen molar-refractivity contribution < 1.29 is 28.9 Å². The van der Waals surface area contributed by atoms with E-state index in [0.717, 1.165) is 11.3 Å². The van der Waals surface area contributed by atoms with Gasteiger partial charge in [-0.3, -0.25) is 9.59 Å². The van der Waals surface area contributed by atoms with E-state index in [1.807, 2.05) is 6.92 Å². The molecule has 2 heterocycles. The van der Waals surface area contributed by atoms with E-state index in [2.05, 4.69) is 0 Å². The zero-order chi connectivity index (χ0) is 24.0. The Kier molecular flexibility index (Phi) is 5.32. The van der Waals surface area contributed by atoms with E-state index in [0.29, 0.717) is 23.1 Å². The van der Waals surface area contributed by atoms with Gasteiger partial charge >= 0.3 is 0 Å². The smallest absolute Gasteiger partial charge is 0.295 e. The van der Waals surface area contributed by atoms with Gasteiger partial charge in [0.2, 0.25) is 0 Å². The zero-order valence-electron chi connectivity index (χ0n) is 18.4. The second kappa shape index (κ2) is 8.33. The Bertz CT molecular complexity index is 1310. The number of hydrogen-bond acceptors (Lipinski definition) is 5. The second-order valence-corrected chi connectivity index (χ2v) is 8.60. The average Bonchev–Trinajstić information content (AvgIpc) is 3.31. The lowest BCUT2D eigenvalue weighted by molar-refractivity contribution is -0.140. The van der Waals surface area contributed by atoms with Gasteiger partial charge in [0.1, 0.15) is 29.2 Å². The standard InChI is InChI=1S/C27H22FNO5/c1-15-12-19-13-18(6-11-22(19)34-15)25(31)23-24(17-4-9-21(30)10-5-17)29(27(33)26(23)32)14-16-2-7-20(28)8-3-16/h2-11,13,15,24,30-31H,12,14H2,1H3/b25-23-. The first-order valence-electron chi connectivity index (χ1n) is 10.9. The summed E-state index contributed by atoms with van der Waals surface area (Å²) < 4.78 is 19.1. The van der Waals surface area contributed by atoms with Crippen molar-refractivity contribution in [1.82, 2.24) is 4.90 Å². The largest absolute Gasteiger partial charge is 0.508 e. The average molecular weight is 459 g/mol. The molecule has 2 N–H and O–H groups in total. The van der Waals surface area contributed by atoms with Crippen LogP contribution in [-0.4, -0.2) is 32.9 Å². The number of aliphatic hydroxyl groups excluding tert-OH is 1. The number of likely N-dealkylation sites (tertiary alicyclic amines) is 1. The molecule has 2 aliphatic rings. The molecule has 3 aromatic carbocycles. The number of carbonyl (C=O) groups excluding carboxylic acids is 2. The van der Waals surface area contributed by atoms with Crippen molar-refractivity contribution in [2.45, 2.75) is 32.0 Å². The third-order valence-corrected chi connectivity index (χ3v) is 6.18. The van der Waals surface area contributed by atoms with E-state index >= 15 is 0 Å². The number of aliphatic hydroxyl groups is 1. The fraction of sp³-hybridized carbons (Fsp3) is 0.185. The van der Waals surface area contributed by atoms with Crippen molar-refractivity contribution in [2.24, 2.45) is 0 Å².